The maximum atomic E-state index is 2.53. The molecular weight excluding hydrogens is 524 g/mol. The van der Waals surface area contributed by atoms with Gasteiger partial charge in [-0.2, -0.15) is 0 Å². The van der Waals surface area contributed by atoms with Crippen LogP contribution in [0.3, 0.4) is 0 Å². The van der Waals surface area contributed by atoms with Gasteiger partial charge in [-0.1, -0.05) is 0 Å². The fraction of sp³-hybridized carbons (Fsp3) is 0.111. The van der Waals surface area contributed by atoms with E-state index in [0.717, 1.165) is 25.7 Å². The SMILES string of the molecule is C1=CC[C]([Zr]([C]2=CC=CC2)([c]2cccc3c2Cc2ccccc2-3)[c]2cccc3c2Cc2ccccc2-3)=C1. The van der Waals surface area contributed by atoms with Gasteiger partial charge in [0.15, 0.2) is 0 Å². The molecule has 4 aromatic carbocycles. The molecule has 4 aliphatic carbocycles. The van der Waals surface area contributed by atoms with E-state index in [-0.39, 0.29) is 0 Å². The van der Waals surface area contributed by atoms with Crippen LogP contribution in [0.2, 0.25) is 0 Å². The number of fused-ring (bicyclic) bond motifs is 6. The third-order valence-electron chi connectivity index (χ3n) is 9.02. The fourth-order valence-electron chi connectivity index (χ4n) is 7.51. The van der Waals surface area contributed by atoms with Crippen molar-refractivity contribution in [1.29, 1.82) is 0 Å². The standard InChI is InChI=1S/2C13H9.2C5H5.Zr/c2*1-3-7-12-10(5-1)9-11-6-2-4-8-13(11)12;2*1-2-4-5-3-1;/h2*1-5,7-8H,9H2;2*1-3H,4H2;. The van der Waals surface area contributed by atoms with E-state index in [1.807, 2.05) is 0 Å². The molecule has 0 fully saturated rings. The Bertz CT molecular complexity index is 1600. The topological polar surface area (TPSA) is 0 Å². The molecule has 1 heteroatoms. The first-order valence-corrected chi connectivity index (χ1v) is 18.4. The summed E-state index contributed by atoms with van der Waals surface area (Å²) in [5, 5.41) is 0. The average molecular weight is 552 g/mol. The van der Waals surface area contributed by atoms with Crippen molar-refractivity contribution in [2.24, 2.45) is 0 Å². The van der Waals surface area contributed by atoms with Gasteiger partial charge in [-0.3, -0.25) is 0 Å². The van der Waals surface area contributed by atoms with Gasteiger partial charge in [0.05, 0.1) is 0 Å². The van der Waals surface area contributed by atoms with Crippen molar-refractivity contribution in [1.82, 2.24) is 0 Å². The molecule has 176 valence electrons. The molecule has 4 aromatic rings. The van der Waals surface area contributed by atoms with Crippen molar-refractivity contribution in [3.63, 3.8) is 0 Å². The third-order valence-corrected chi connectivity index (χ3v) is 21.8. The van der Waals surface area contributed by atoms with Crippen LogP contribution in [0.5, 0.6) is 0 Å². The molecular formula is C36H28Zr. The van der Waals surface area contributed by atoms with Crippen LogP contribution in [0.4, 0.5) is 0 Å². The molecule has 0 unspecified atom stereocenters. The summed E-state index contributed by atoms with van der Waals surface area (Å²) in [6.07, 6.45) is 18.7. The Morgan fingerprint density at radius 3 is 1.38 bits per heavy atom. The summed E-state index contributed by atoms with van der Waals surface area (Å²) in [6, 6.07) is 32.6. The zero-order chi connectivity index (χ0) is 24.4. The van der Waals surface area contributed by atoms with E-state index in [1.54, 1.807) is 24.2 Å². The van der Waals surface area contributed by atoms with Gasteiger partial charge in [-0.25, -0.2) is 0 Å². The minimum atomic E-state index is -3.60. The molecule has 0 amide bonds. The first-order valence-electron chi connectivity index (χ1n) is 13.5. The Morgan fingerprint density at radius 2 is 0.919 bits per heavy atom. The Labute approximate surface area is 223 Å². The van der Waals surface area contributed by atoms with Gasteiger partial charge in [-0.15, -0.1) is 0 Å². The second-order valence-electron chi connectivity index (χ2n) is 10.7. The van der Waals surface area contributed by atoms with Crippen LogP contribution in [0.25, 0.3) is 22.3 Å². The van der Waals surface area contributed by atoms with E-state index in [4.69, 9.17) is 0 Å². The summed E-state index contributed by atoms with van der Waals surface area (Å²) in [6.45, 7) is 0. The van der Waals surface area contributed by atoms with Crippen molar-refractivity contribution in [2.45, 2.75) is 25.7 Å². The molecule has 0 aromatic heterocycles. The molecule has 0 heterocycles. The van der Waals surface area contributed by atoms with Crippen LogP contribution in [0, 0.1) is 0 Å². The van der Waals surface area contributed by atoms with E-state index in [1.165, 1.54) is 33.4 Å². The summed E-state index contributed by atoms with van der Waals surface area (Å²) in [5.74, 6) is 0. The second-order valence-corrected chi connectivity index (χ2v) is 20.2. The zero-order valence-corrected chi connectivity index (χ0v) is 23.3. The molecule has 0 saturated carbocycles. The Morgan fingerprint density at radius 1 is 0.459 bits per heavy atom. The van der Waals surface area contributed by atoms with Gasteiger partial charge in [0.2, 0.25) is 0 Å². The van der Waals surface area contributed by atoms with Crippen LogP contribution < -0.4 is 6.54 Å². The Hall–Kier alpha value is -3.28. The number of allylic oxidation sites excluding steroid dienone is 8. The number of rotatable bonds is 4. The summed E-state index contributed by atoms with van der Waals surface area (Å²) < 4.78 is 6.77. The van der Waals surface area contributed by atoms with E-state index in [0.29, 0.717) is 0 Å². The molecule has 0 spiro atoms. The number of hydrogen-bond donors (Lipinski definition) is 0. The van der Waals surface area contributed by atoms with Gasteiger partial charge in [0.1, 0.15) is 0 Å². The van der Waals surface area contributed by atoms with Crippen molar-refractivity contribution < 1.29 is 20.3 Å². The van der Waals surface area contributed by atoms with Crippen LogP contribution in [0.1, 0.15) is 35.1 Å². The summed E-state index contributed by atoms with van der Waals surface area (Å²) >= 11 is -3.60. The van der Waals surface area contributed by atoms with Gasteiger partial charge in [0.25, 0.3) is 0 Å². The molecule has 0 nitrogen and oxygen atoms in total. The van der Waals surface area contributed by atoms with Gasteiger partial charge in [-0.05, 0) is 0 Å². The zero-order valence-electron chi connectivity index (χ0n) is 20.9. The van der Waals surface area contributed by atoms with Crippen molar-refractivity contribution in [2.75, 3.05) is 0 Å². The van der Waals surface area contributed by atoms with Crippen molar-refractivity contribution in [3.8, 4) is 22.3 Å². The van der Waals surface area contributed by atoms with Crippen molar-refractivity contribution >= 4 is 6.54 Å². The predicted molar refractivity (Wildman–Crippen MR) is 152 cm³/mol. The summed E-state index contributed by atoms with van der Waals surface area (Å²) in [5.41, 5.74) is 11.9. The van der Waals surface area contributed by atoms with E-state index >= 15 is 0 Å². The second kappa shape index (κ2) is 8.37. The first-order chi connectivity index (χ1) is 18.4. The molecule has 4 aliphatic rings. The number of benzene rings is 4. The van der Waals surface area contributed by atoms with Gasteiger partial charge in [0, 0.05) is 0 Å². The van der Waals surface area contributed by atoms with Crippen LogP contribution in [-0.2, 0) is 33.1 Å². The molecule has 0 saturated heterocycles. The van der Waals surface area contributed by atoms with Crippen LogP contribution in [0.15, 0.2) is 128 Å². The van der Waals surface area contributed by atoms with Crippen LogP contribution >= 0.6 is 0 Å². The van der Waals surface area contributed by atoms with Gasteiger partial charge < -0.3 is 0 Å². The van der Waals surface area contributed by atoms with Gasteiger partial charge >= 0.3 is 225 Å². The predicted octanol–water partition coefficient (Wildman–Crippen LogP) is 7.62. The average Bonchev–Trinajstić information content (AvgIpc) is 3.76. The first kappa shape index (κ1) is 21.8. The molecule has 8 rings (SSSR count). The molecule has 0 bridgehead atoms. The molecule has 0 aliphatic heterocycles. The maximum absolute atomic E-state index is 3.60. The molecule has 37 heavy (non-hydrogen) atoms. The quantitative estimate of drug-likeness (QED) is 0.211. The molecule has 0 atom stereocenters. The summed E-state index contributed by atoms with van der Waals surface area (Å²) in [7, 11) is 0. The minimum absolute atomic E-state index is 1.05. The van der Waals surface area contributed by atoms with E-state index in [9.17, 15) is 0 Å². The third kappa shape index (κ3) is 3.04. The molecule has 0 radical (unpaired) electrons. The van der Waals surface area contributed by atoms with Crippen LogP contribution in [-0.4, -0.2) is 0 Å². The Kier molecular flexibility index (Phi) is 4.93. The monoisotopic (exact) mass is 550 g/mol. The van der Waals surface area contributed by atoms with E-state index in [2.05, 4.69) is 121 Å². The van der Waals surface area contributed by atoms with Crippen molar-refractivity contribution in [3.05, 3.63) is 150 Å². The normalized spacial score (nSPS) is 16.3. The summed E-state index contributed by atoms with van der Waals surface area (Å²) in [4.78, 5) is 0. The fourth-order valence-corrected chi connectivity index (χ4v) is 21.5. The Balaban J connectivity index is 1.46. The number of hydrogen-bond acceptors (Lipinski definition) is 0. The van der Waals surface area contributed by atoms with E-state index < -0.39 is 20.3 Å². The molecule has 0 N–H and O–H groups in total.